The Morgan fingerprint density at radius 3 is 3.00 bits per heavy atom. The van der Waals surface area contributed by atoms with Crippen LogP contribution in [0.15, 0.2) is 0 Å². The van der Waals surface area contributed by atoms with Crippen molar-refractivity contribution in [2.45, 2.75) is 24.5 Å². The van der Waals surface area contributed by atoms with Gasteiger partial charge in [-0.1, -0.05) is 0 Å². The van der Waals surface area contributed by atoms with E-state index in [2.05, 4.69) is 10.6 Å². The lowest BCUT2D eigenvalue weighted by molar-refractivity contribution is -0.129. The van der Waals surface area contributed by atoms with Gasteiger partial charge in [-0.15, -0.1) is 0 Å². The molecule has 14 heavy (non-hydrogen) atoms. The van der Waals surface area contributed by atoms with Crippen LogP contribution in [0.3, 0.4) is 0 Å². The summed E-state index contributed by atoms with van der Waals surface area (Å²) in [6.45, 7) is 4.68. The van der Waals surface area contributed by atoms with E-state index in [4.69, 9.17) is 9.47 Å². The van der Waals surface area contributed by atoms with Crippen LogP contribution in [0.1, 0.15) is 12.8 Å². The molecule has 2 saturated heterocycles. The van der Waals surface area contributed by atoms with E-state index in [1.165, 1.54) is 0 Å². The second kappa shape index (κ2) is 4.57. The highest BCUT2D eigenvalue weighted by Crippen LogP contribution is 2.26. The number of hydrogen-bond donors (Lipinski definition) is 2. The monoisotopic (exact) mass is 200 g/mol. The second-order valence-corrected chi connectivity index (χ2v) is 4.16. The minimum atomic E-state index is 0.0893. The summed E-state index contributed by atoms with van der Waals surface area (Å²) < 4.78 is 10.9. The summed E-state index contributed by atoms with van der Waals surface area (Å²) in [6, 6.07) is 0.507. The van der Waals surface area contributed by atoms with Gasteiger partial charge < -0.3 is 20.1 Å². The van der Waals surface area contributed by atoms with Gasteiger partial charge in [0, 0.05) is 39.4 Å². The first-order chi connectivity index (χ1) is 6.87. The largest absolute Gasteiger partial charge is 0.385 e. The number of hydrogen-bond acceptors (Lipinski definition) is 4. The zero-order valence-corrected chi connectivity index (χ0v) is 8.84. The molecule has 0 radical (unpaired) electrons. The van der Waals surface area contributed by atoms with E-state index in [9.17, 15) is 0 Å². The summed E-state index contributed by atoms with van der Waals surface area (Å²) in [5, 5.41) is 6.85. The highest BCUT2D eigenvalue weighted by atomic mass is 16.5. The van der Waals surface area contributed by atoms with Crippen molar-refractivity contribution in [2.75, 3.05) is 40.0 Å². The zero-order chi connectivity index (χ0) is 9.86. The fourth-order valence-corrected chi connectivity index (χ4v) is 2.29. The van der Waals surface area contributed by atoms with Crippen molar-refractivity contribution in [1.82, 2.24) is 10.6 Å². The molecule has 2 aliphatic rings. The van der Waals surface area contributed by atoms with Crippen LogP contribution in [0, 0.1) is 0 Å². The predicted molar refractivity (Wildman–Crippen MR) is 54.5 cm³/mol. The summed E-state index contributed by atoms with van der Waals surface area (Å²) in [5.74, 6) is 0. The Labute approximate surface area is 85.3 Å². The average molecular weight is 200 g/mol. The summed E-state index contributed by atoms with van der Waals surface area (Å²) in [5.41, 5.74) is 0.0893. The molecule has 0 aromatic rings. The van der Waals surface area contributed by atoms with Crippen LogP contribution in [0.4, 0.5) is 0 Å². The molecule has 4 heteroatoms. The maximum atomic E-state index is 5.88. The molecule has 82 valence electrons. The normalized spacial score (nSPS) is 30.2. The van der Waals surface area contributed by atoms with Crippen LogP contribution in [0.25, 0.3) is 0 Å². The third kappa shape index (κ3) is 1.93. The summed E-state index contributed by atoms with van der Waals surface area (Å²) >= 11 is 0. The number of nitrogens with one attached hydrogen (secondary N) is 2. The highest BCUT2D eigenvalue weighted by Gasteiger charge is 2.46. The number of methoxy groups -OCH3 is 1. The Bertz CT molecular complexity index is 183. The molecule has 0 aromatic heterocycles. The van der Waals surface area contributed by atoms with Crippen LogP contribution in [0.2, 0.25) is 0 Å². The van der Waals surface area contributed by atoms with E-state index in [-0.39, 0.29) is 5.60 Å². The molecule has 0 aromatic carbocycles. The van der Waals surface area contributed by atoms with E-state index in [0.717, 1.165) is 45.7 Å². The van der Waals surface area contributed by atoms with Crippen molar-refractivity contribution in [3.05, 3.63) is 0 Å². The van der Waals surface area contributed by atoms with Crippen molar-refractivity contribution in [3.63, 3.8) is 0 Å². The van der Waals surface area contributed by atoms with Crippen LogP contribution in [-0.4, -0.2) is 51.6 Å². The minimum Gasteiger partial charge on any atom is -0.385 e. The number of rotatable bonds is 4. The first kappa shape index (κ1) is 10.4. The average Bonchev–Trinajstić information content (AvgIpc) is 2.17. The van der Waals surface area contributed by atoms with Gasteiger partial charge in [0.25, 0.3) is 0 Å². The Kier molecular flexibility index (Phi) is 3.38. The highest BCUT2D eigenvalue weighted by molar-refractivity contribution is 5.05. The van der Waals surface area contributed by atoms with E-state index in [1.807, 2.05) is 0 Å². The first-order valence-electron chi connectivity index (χ1n) is 5.44. The Morgan fingerprint density at radius 2 is 2.36 bits per heavy atom. The van der Waals surface area contributed by atoms with E-state index >= 15 is 0 Å². The standard InChI is InChI=1S/C10H20N2O2/c1-13-5-2-3-9-10(7-11-8-10)14-6-4-12-9/h9,11-12H,2-8H2,1H3. The molecule has 2 aliphatic heterocycles. The van der Waals surface area contributed by atoms with Crippen LogP contribution >= 0.6 is 0 Å². The Hall–Kier alpha value is -0.160. The Balaban J connectivity index is 1.81. The zero-order valence-electron chi connectivity index (χ0n) is 8.84. The molecule has 2 fully saturated rings. The van der Waals surface area contributed by atoms with Gasteiger partial charge in [-0.2, -0.15) is 0 Å². The Morgan fingerprint density at radius 1 is 1.50 bits per heavy atom. The molecule has 0 amide bonds. The van der Waals surface area contributed by atoms with Crippen molar-refractivity contribution in [1.29, 1.82) is 0 Å². The summed E-state index contributed by atoms with van der Waals surface area (Å²) in [7, 11) is 1.76. The molecule has 2 rings (SSSR count). The second-order valence-electron chi connectivity index (χ2n) is 4.16. The summed E-state index contributed by atoms with van der Waals surface area (Å²) in [4.78, 5) is 0. The van der Waals surface area contributed by atoms with Gasteiger partial charge in [0.1, 0.15) is 5.60 Å². The van der Waals surface area contributed by atoms with Gasteiger partial charge in [-0.05, 0) is 12.8 Å². The summed E-state index contributed by atoms with van der Waals surface area (Å²) in [6.07, 6.45) is 2.26. The third-order valence-corrected chi connectivity index (χ3v) is 3.21. The van der Waals surface area contributed by atoms with Gasteiger partial charge in [0.2, 0.25) is 0 Å². The SMILES string of the molecule is COCCCC1NCCOC12CNC2. The van der Waals surface area contributed by atoms with Crippen molar-refractivity contribution < 1.29 is 9.47 Å². The quantitative estimate of drug-likeness (QED) is 0.614. The maximum Gasteiger partial charge on any atom is 0.108 e. The molecule has 2 N–H and O–H groups in total. The topological polar surface area (TPSA) is 42.5 Å². The lowest BCUT2D eigenvalue weighted by atomic mass is 9.84. The van der Waals surface area contributed by atoms with Crippen LogP contribution in [0.5, 0.6) is 0 Å². The fourth-order valence-electron chi connectivity index (χ4n) is 2.29. The molecule has 0 bridgehead atoms. The van der Waals surface area contributed by atoms with Gasteiger partial charge in [0.15, 0.2) is 0 Å². The molecule has 0 aliphatic carbocycles. The van der Waals surface area contributed by atoms with E-state index in [1.54, 1.807) is 7.11 Å². The lowest BCUT2D eigenvalue weighted by Gasteiger charge is -2.51. The third-order valence-electron chi connectivity index (χ3n) is 3.21. The van der Waals surface area contributed by atoms with Crippen LogP contribution < -0.4 is 10.6 Å². The number of morpholine rings is 1. The van der Waals surface area contributed by atoms with Gasteiger partial charge in [0.05, 0.1) is 6.61 Å². The molecule has 1 spiro atoms. The van der Waals surface area contributed by atoms with Crippen LogP contribution in [-0.2, 0) is 9.47 Å². The maximum absolute atomic E-state index is 5.88. The number of ether oxygens (including phenoxy) is 2. The van der Waals surface area contributed by atoms with Gasteiger partial charge in [-0.3, -0.25) is 0 Å². The molecule has 1 atom stereocenters. The van der Waals surface area contributed by atoms with Gasteiger partial charge in [-0.25, -0.2) is 0 Å². The molecule has 2 heterocycles. The first-order valence-corrected chi connectivity index (χ1v) is 5.44. The van der Waals surface area contributed by atoms with Crippen molar-refractivity contribution >= 4 is 0 Å². The van der Waals surface area contributed by atoms with Gasteiger partial charge >= 0.3 is 0 Å². The van der Waals surface area contributed by atoms with E-state index in [0.29, 0.717) is 6.04 Å². The van der Waals surface area contributed by atoms with Crippen molar-refractivity contribution in [3.8, 4) is 0 Å². The molecule has 0 saturated carbocycles. The predicted octanol–water partition coefficient (Wildman–Crippen LogP) is -0.257. The molecule has 4 nitrogen and oxygen atoms in total. The molecular weight excluding hydrogens is 180 g/mol. The molecule has 1 unspecified atom stereocenters. The lowest BCUT2D eigenvalue weighted by Crippen LogP contribution is -2.73. The van der Waals surface area contributed by atoms with E-state index < -0.39 is 0 Å². The fraction of sp³-hybridized carbons (Fsp3) is 1.00. The molecular formula is C10H20N2O2. The minimum absolute atomic E-state index is 0.0893. The smallest absolute Gasteiger partial charge is 0.108 e. The van der Waals surface area contributed by atoms with Crippen molar-refractivity contribution in [2.24, 2.45) is 0 Å².